The SMILES string of the molecule is CCn1cc(C(C)N[C@@H](C)C2CCCCCC2)cn1. The van der Waals surface area contributed by atoms with E-state index in [1.165, 1.54) is 44.1 Å². The second-order valence-electron chi connectivity index (χ2n) is 6.06. The predicted molar refractivity (Wildman–Crippen MR) is 80.1 cm³/mol. The summed E-state index contributed by atoms with van der Waals surface area (Å²) in [5, 5.41) is 8.14. The summed E-state index contributed by atoms with van der Waals surface area (Å²) < 4.78 is 2.00. The van der Waals surface area contributed by atoms with Gasteiger partial charge in [-0.3, -0.25) is 4.68 Å². The molecule has 0 amide bonds. The Morgan fingerprint density at radius 1 is 1.26 bits per heavy atom. The lowest BCUT2D eigenvalue weighted by molar-refractivity contribution is 0.316. The van der Waals surface area contributed by atoms with Crippen LogP contribution in [0.15, 0.2) is 12.4 Å². The molecule has 1 aliphatic carbocycles. The first kappa shape index (κ1) is 14.6. The minimum absolute atomic E-state index is 0.401. The van der Waals surface area contributed by atoms with Crippen molar-refractivity contribution < 1.29 is 0 Å². The Hall–Kier alpha value is -0.830. The molecule has 1 heterocycles. The lowest BCUT2D eigenvalue weighted by atomic mass is 9.92. The smallest absolute Gasteiger partial charge is 0.0537 e. The summed E-state index contributed by atoms with van der Waals surface area (Å²) >= 11 is 0. The van der Waals surface area contributed by atoms with Crippen LogP contribution >= 0.6 is 0 Å². The van der Waals surface area contributed by atoms with Crippen molar-refractivity contribution in [2.45, 2.75) is 77.9 Å². The van der Waals surface area contributed by atoms with Gasteiger partial charge in [0.25, 0.3) is 0 Å². The molecule has 1 aliphatic rings. The molecule has 19 heavy (non-hydrogen) atoms. The van der Waals surface area contributed by atoms with Gasteiger partial charge in [0.1, 0.15) is 0 Å². The fraction of sp³-hybridized carbons (Fsp3) is 0.812. The summed E-state index contributed by atoms with van der Waals surface area (Å²) in [5.41, 5.74) is 1.31. The molecule has 0 aromatic carbocycles. The molecule has 0 saturated heterocycles. The lowest BCUT2D eigenvalue weighted by Gasteiger charge is -2.26. The summed E-state index contributed by atoms with van der Waals surface area (Å²) in [5.74, 6) is 0.853. The summed E-state index contributed by atoms with van der Waals surface area (Å²) in [4.78, 5) is 0. The molecule has 0 spiro atoms. The van der Waals surface area contributed by atoms with Crippen LogP contribution in [0.3, 0.4) is 0 Å². The summed E-state index contributed by atoms with van der Waals surface area (Å²) in [6.07, 6.45) is 12.7. The van der Waals surface area contributed by atoms with Crippen LogP contribution in [0, 0.1) is 5.92 Å². The Labute approximate surface area is 117 Å². The number of aromatic nitrogens is 2. The number of aryl methyl sites for hydroxylation is 1. The second-order valence-corrected chi connectivity index (χ2v) is 6.06. The van der Waals surface area contributed by atoms with Crippen LogP contribution < -0.4 is 5.32 Å². The van der Waals surface area contributed by atoms with E-state index in [1.807, 2.05) is 10.9 Å². The minimum Gasteiger partial charge on any atom is -0.307 e. The Morgan fingerprint density at radius 2 is 1.95 bits per heavy atom. The van der Waals surface area contributed by atoms with E-state index in [2.05, 4.69) is 37.4 Å². The van der Waals surface area contributed by atoms with Crippen molar-refractivity contribution in [3.8, 4) is 0 Å². The molecule has 1 saturated carbocycles. The van der Waals surface area contributed by atoms with E-state index in [-0.39, 0.29) is 0 Å². The Balaban J connectivity index is 1.88. The highest BCUT2D eigenvalue weighted by Gasteiger charge is 2.21. The molecule has 1 aromatic heterocycles. The van der Waals surface area contributed by atoms with Crippen molar-refractivity contribution in [2.75, 3.05) is 0 Å². The number of nitrogens with one attached hydrogen (secondary N) is 1. The first-order valence-electron chi connectivity index (χ1n) is 7.99. The summed E-state index contributed by atoms with van der Waals surface area (Å²) in [6.45, 7) is 7.69. The molecule has 1 N–H and O–H groups in total. The number of nitrogens with zero attached hydrogens (tertiary/aromatic N) is 2. The standard InChI is InChI=1S/C16H29N3/c1-4-19-12-16(11-17-19)14(3)18-13(2)15-9-7-5-6-8-10-15/h11-15,18H,4-10H2,1-3H3/t13-,14?/m0/s1. The van der Waals surface area contributed by atoms with E-state index in [4.69, 9.17) is 0 Å². The fourth-order valence-corrected chi connectivity index (χ4v) is 3.21. The van der Waals surface area contributed by atoms with Gasteiger partial charge >= 0.3 is 0 Å². The van der Waals surface area contributed by atoms with Crippen molar-refractivity contribution >= 4 is 0 Å². The predicted octanol–water partition coefficient (Wildman–Crippen LogP) is 3.91. The van der Waals surface area contributed by atoms with E-state index in [0.29, 0.717) is 12.1 Å². The molecule has 3 heteroatoms. The van der Waals surface area contributed by atoms with Gasteiger partial charge in [-0.05, 0) is 39.5 Å². The van der Waals surface area contributed by atoms with Crippen LogP contribution in [-0.4, -0.2) is 15.8 Å². The number of hydrogen-bond acceptors (Lipinski definition) is 2. The zero-order chi connectivity index (χ0) is 13.7. The largest absolute Gasteiger partial charge is 0.307 e. The van der Waals surface area contributed by atoms with E-state index in [1.54, 1.807) is 0 Å². The third kappa shape index (κ3) is 4.07. The van der Waals surface area contributed by atoms with Gasteiger partial charge in [0.15, 0.2) is 0 Å². The molecule has 1 aromatic rings. The van der Waals surface area contributed by atoms with Gasteiger partial charge in [0.2, 0.25) is 0 Å². The van der Waals surface area contributed by atoms with E-state index < -0.39 is 0 Å². The monoisotopic (exact) mass is 263 g/mol. The summed E-state index contributed by atoms with van der Waals surface area (Å²) in [6, 6.07) is 1.01. The van der Waals surface area contributed by atoms with Gasteiger partial charge < -0.3 is 5.32 Å². The highest BCUT2D eigenvalue weighted by Crippen LogP contribution is 2.26. The molecule has 108 valence electrons. The van der Waals surface area contributed by atoms with Crippen LogP contribution in [0.5, 0.6) is 0 Å². The molecule has 2 rings (SSSR count). The van der Waals surface area contributed by atoms with E-state index in [0.717, 1.165) is 12.5 Å². The first-order valence-corrected chi connectivity index (χ1v) is 7.99. The number of hydrogen-bond donors (Lipinski definition) is 1. The molecule has 1 fully saturated rings. The fourth-order valence-electron chi connectivity index (χ4n) is 3.21. The van der Waals surface area contributed by atoms with Gasteiger partial charge in [0.05, 0.1) is 6.20 Å². The Kier molecular flexibility index (Phi) is 5.44. The molecule has 0 bridgehead atoms. The van der Waals surface area contributed by atoms with Crippen LogP contribution in [0.1, 0.15) is 70.9 Å². The molecular formula is C16H29N3. The van der Waals surface area contributed by atoms with Crippen LogP contribution in [-0.2, 0) is 6.54 Å². The minimum atomic E-state index is 0.401. The average Bonchev–Trinajstić information content (AvgIpc) is 2.73. The number of rotatable bonds is 5. The first-order chi connectivity index (χ1) is 9.20. The average molecular weight is 263 g/mol. The molecule has 1 unspecified atom stereocenters. The third-order valence-electron chi connectivity index (χ3n) is 4.60. The maximum absolute atomic E-state index is 4.37. The van der Waals surface area contributed by atoms with Crippen LogP contribution in [0.25, 0.3) is 0 Å². The highest BCUT2D eigenvalue weighted by atomic mass is 15.3. The van der Waals surface area contributed by atoms with Gasteiger partial charge in [-0.25, -0.2) is 0 Å². The third-order valence-corrected chi connectivity index (χ3v) is 4.60. The van der Waals surface area contributed by atoms with Gasteiger partial charge in [0, 0.05) is 30.4 Å². The van der Waals surface area contributed by atoms with Gasteiger partial charge in [-0.2, -0.15) is 5.10 Å². The van der Waals surface area contributed by atoms with Gasteiger partial charge in [-0.15, -0.1) is 0 Å². The van der Waals surface area contributed by atoms with Crippen molar-refractivity contribution in [2.24, 2.45) is 5.92 Å². The molecule has 2 atom stereocenters. The highest BCUT2D eigenvalue weighted by molar-refractivity contribution is 5.09. The zero-order valence-electron chi connectivity index (χ0n) is 12.7. The summed E-state index contributed by atoms with van der Waals surface area (Å²) in [7, 11) is 0. The second kappa shape index (κ2) is 7.09. The van der Waals surface area contributed by atoms with Gasteiger partial charge in [-0.1, -0.05) is 25.7 Å². The van der Waals surface area contributed by atoms with Crippen molar-refractivity contribution in [3.63, 3.8) is 0 Å². The molecule has 0 aliphatic heterocycles. The van der Waals surface area contributed by atoms with Crippen LogP contribution in [0.2, 0.25) is 0 Å². The van der Waals surface area contributed by atoms with Crippen molar-refractivity contribution in [1.29, 1.82) is 0 Å². The zero-order valence-corrected chi connectivity index (χ0v) is 12.7. The van der Waals surface area contributed by atoms with E-state index >= 15 is 0 Å². The topological polar surface area (TPSA) is 29.9 Å². The van der Waals surface area contributed by atoms with Crippen molar-refractivity contribution in [3.05, 3.63) is 18.0 Å². The quantitative estimate of drug-likeness (QED) is 0.816. The normalized spacial score (nSPS) is 21.0. The maximum Gasteiger partial charge on any atom is 0.0537 e. The lowest BCUT2D eigenvalue weighted by Crippen LogP contribution is -2.35. The van der Waals surface area contributed by atoms with Crippen molar-refractivity contribution in [1.82, 2.24) is 15.1 Å². The molecular weight excluding hydrogens is 234 g/mol. The molecule has 3 nitrogen and oxygen atoms in total. The maximum atomic E-state index is 4.37. The van der Waals surface area contributed by atoms with E-state index in [9.17, 15) is 0 Å². The Bertz CT molecular complexity index is 364. The molecule has 0 radical (unpaired) electrons. The van der Waals surface area contributed by atoms with Crippen LogP contribution in [0.4, 0.5) is 0 Å². The Morgan fingerprint density at radius 3 is 2.53 bits per heavy atom.